The fraction of sp³-hybridized carbons (Fsp3) is 0.444. The van der Waals surface area contributed by atoms with Gasteiger partial charge in [-0.05, 0) is 43.5 Å². The van der Waals surface area contributed by atoms with Crippen LogP contribution in [0.15, 0.2) is 29.3 Å². The summed E-state index contributed by atoms with van der Waals surface area (Å²) in [6, 6.07) is 5.72. The Morgan fingerprint density at radius 1 is 1.26 bits per heavy atom. The van der Waals surface area contributed by atoms with Gasteiger partial charge in [0.15, 0.2) is 5.65 Å². The van der Waals surface area contributed by atoms with Crippen molar-refractivity contribution in [3.8, 4) is 0 Å². The molecule has 0 spiro atoms. The van der Waals surface area contributed by atoms with E-state index in [1.165, 1.54) is 6.26 Å². The van der Waals surface area contributed by atoms with Gasteiger partial charge in [0.25, 0.3) is 0 Å². The Hall–Kier alpha value is -2.07. The molecule has 0 saturated carbocycles. The first-order valence-electron chi connectivity index (χ1n) is 8.93. The molecule has 2 aromatic heterocycles. The summed E-state index contributed by atoms with van der Waals surface area (Å²) >= 11 is 0. The summed E-state index contributed by atoms with van der Waals surface area (Å²) in [5.74, 6) is 0.526. The van der Waals surface area contributed by atoms with Crippen molar-refractivity contribution in [3.05, 3.63) is 30.0 Å². The van der Waals surface area contributed by atoms with E-state index in [0.717, 1.165) is 48.5 Å². The van der Waals surface area contributed by atoms with E-state index in [1.807, 2.05) is 26.2 Å². The molecule has 27 heavy (non-hydrogen) atoms. The Kier molecular flexibility index (Phi) is 4.63. The summed E-state index contributed by atoms with van der Waals surface area (Å²) in [6.45, 7) is 3.48. The van der Waals surface area contributed by atoms with Crippen LogP contribution in [0.5, 0.6) is 0 Å². The van der Waals surface area contributed by atoms with Crippen LogP contribution in [0.1, 0.15) is 24.4 Å². The number of aromatic nitrogens is 4. The van der Waals surface area contributed by atoms with E-state index < -0.39 is 10.6 Å². The van der Waals surface area contributed by atoms with Crippen molar-refractivity contribution in [1.82, 2.24) is 19.3 Å². The van der Waals surface area contributed by atoms with Gasteiger partial charge in [0.05, 0.1) is 17.1 Å². The van der Waals surface area contributed by atoms with Crippen molar-refractivity contribution < 1.29 is 13.8 Å². The smallest absolute Gasteiger partial charge is 0.229 e. The Balaban J connectivity index is 1.61. The molecule has 146 valence electrons. The molecule has 0 unspecified atom stereocenters. The predicted octanol–water partition coefficient (Wildman–Crippen LogP) is 3.91. The van der Waals surface area contributed by atoms with Crippen molar-refractivity contribution >= 4 is 33.4 Å². The van der Waals surface area contributed by atoms with E-state index in [0.29, 0.717) is 16.9 Å². The summed E-state index contributed by atoms with van der Waals surface area (Å²) in [5.41, 5.74) is 3.68. The lowest BCUT2D eigenvalue weighted by atomic mass is 10.1. The topological polar surface area (TPSA) is 97.4 Å². The molecule has 3 heterocycles. The lowest BCUT2D eigenvalue weighted by Crippen LogP contribution is -2.30. The maximum absolute atomic E-state index is 9.82. The molecular formula is C18H25N5O3S. The summed E-state index contributed by atoms with van der Waals surface area (Å²) in [6.07, 6.45) is 5.23. The molecule has 1 aliphatic rings. The predicted molar refractivity (Wildman–Crippen MR) is 107 cm³/mol. The highest BCUT2D eigenvalue weighted by molar-refractivity contribution is 8.23. The van der Waals surface area contributed by atoms with Gasteiger partial charge in [-0.15, -0.1) is 0 Å². The lowest BCUT2D eigenvalue weighted by Gasteiger charge is -2.32. The van der Waals surface area contributed by atoms with Gasteiger partial charge in [-0.25, -0.2) is 4.98 Å². The number of hydrogen-bond acceptors (Lipinski definition) is 6. The van der Waals surface area contributed by atoms with Crippen molar-refractivity contribution in [3.63, 3.8) is 0 Å². The quantitative estimate of drug-likeness (QED) is 0.624. The van der Waals surface area contributed by atoms with E-state index in [4.69, 9.17) is 9.72 Å². The van der Waals surface area contributed by atoms with Crippen LogP contribution < -0.4 is 5.32 Å². The SMILES string of the molecule is Cc1cc(S(C)(O)O)ccc1Nc1ncc2c(n1)n(C1CCOCC1)n2C. The van der Waals surface area contributed by atoms with Crippen molar-refractivity contribution in [2.45, 2.75) is 30.7 Å². The van der Waals surface area contributed by atoms with E-state index in [9.17, 15) is 9.11 Å². The largest absolute Gasteiger partial charge is 0.381 e. The third kappa shape index (κ3) is 3.43. The van der Waals surface area contributed by atoms with Crippen LogP contribution in [-0.4, -0.2) is 47.9 Å². The molecule has 9 heteroatoms. The van der Waals surface area contributed by atoms with Crippen LogP contribution >= 0.6 is 10.6 Å². The Labute approximate surface area is 159 Å². The van der Waals surface area contributed by atoms with Gasteiger partial charge >= 0.3 is 0 Å². The third-order valence-corrected chi connectivity index (χ3v) is 6.21. The van der Waals surface area contributed by atoms with Crippen LogP contribution in [0, 0.1) is 6.92 Å². The van der Waals surface area contributed by atoms with Crippen molar-refractivity contribution in [2.75, 3.05) is 24.8 Å². The number of anilines is 2. The fourth-order valence-corrected chi connectivity index (χ4v) is 4.25. The lowest BCUT2D eigenvalue weighted by molar-refractivity contribution is 0.0631. The normalized spacial score (nSPS) is 16.8. The molecular weight excluding hydrogens is 366 g/mol. The van der Waals surface area contributed by atoms with Crippen molar-refractivity contribution in [2.24, 2.45) is 7.05 Å². The Bertz CT molecular complexity index is 969. The van der Waals surface area contributed by atoms with E-state index in [-0.39, 0.29) is 0 Å². The minimum atomic E-state index is -2.73. The van der Waals surface area contributed by atoms with E-state index in [1.54, 1.807) is 12.1 Å². The van der Waals surface area contributed by atoms with Gasteiger partial charge in [0.2, 0.25) is 5.95 Å². The molecule has 1 fully saturated rings. The average Bonchev–Trinajstić information content (AvgIpc) is 2.63. The summed E-state index contributed by atoms with van der Waals surface area (Å²) in [5, 5.41) is 3.25. The molecule has 1 aromatic carbocycles. The second kappa shape index (κ2) is 6.83. The van der Waals surface area contributed by atoms with Crippen LogP contribution in [0.2, 0.25) is 0 Å². The number of fused-ring (bicyclic) bond motifs is 1. The molecule has 1 saturated heterocycles. The van der Waals surface area contributed by atoms with Crippen molar-refractivity contribution in [1.29, 1.82) is 0 Å². The molecule has 0 atom stereocenters. The van der Waals surface area contributed by atoms with Gasteiger partial charge in [-0.3, -0.25) is 18.5 Å². The highest BCUT2D eigenvalue weighted by Crippen LogP contribution is 2.45. The summed E-state index contributed by atoms with van der Waals surface area (Å²) in [4.78, 5) is 9.64. The average molecular weight is 391 g/mol. The standard InChI is InChI=1S/C18H25N5O3S/c1-12-10-14(27(3,24)25)4-5-15(12)20-18-19-11-16-17(21-18)23(22(16)2)13-6-8-26-9-7-13/h4-5,10-11,13,24-25H,6-9H2,1-3H3,(H,19,20,21). The monoisotopic (exact) mass is 391 g/mol. The number of nitrogens with one attached hydrogen (secondary N) is 1. The first-order valence-corrected chi connectivity index (χ1v) is 10.9. The fourth-order valence-electron chi connectivity index (χ4n) is 3.52. The van der Waals surface area contributed by atoms with Gasteiger partial charge in [0.1, 0.15) is 5.52 Å². The molecule has 4 rings (SSSR count). The molecule has 0 amide bonds. The van der Waals surface area contributed by atoms with Gasteiger partial charge < -0.3 is 10.1 Å². The number of rotatable bonds is 4. The minimum absolute atomic E-state index is 0.398. The highest BCUT2D eigenvalue weighted by atomic mass is 32.3. The number of hydrogen-bond donors (Lipinski definition) is 3. The Morgan fingerprint density at radius 2 is 2.00 bits per heavy atom. The summed E-state index contributed by atoms with van der Waals surface area (Å²) < 4.78 is 29.4. The summed E-state index contributed by atoms with van der Waals surface area (Å²) in [7, 11) is -0.697. The first-order chi connectivity index (χ1) is 12.8. The van der Waals surface area contributed by atoms with Crippen LogP contribution in [0.25, 0.3) is 11.2 Å². The third-order valence-electron chi connectivity index (χ3n) is 5.07. The molecule has 8 nitrogen and oxygen atoms in total. The van der Waals surface area contributed by atoms with Crippen LogP contribution in [-0.2, 0) is 11.8 Å². The number of aryl methyl sites for hydroxylation is 2. The second-order valence-electron chi connectivity index (χ2n) is 7.05. The minimum Gasteiger partial charge on any atom is -0.381 e. The molecule has 3 N–H and O–H groups in total. The van der Waals surface area contributed by atoms with E-state index in [2.05, 4.69) is 19.7 Å². The van der Waals surface area contributed by atoms with Crippen LogP contribution in [0.4, 0.5) is 11.6 Å². The Morgan fingerprint density at radius 3 is 2.67 bits per heavy atom. The molecule has 3 aromatic rings. The zero-order valence-electron chi connectivity index (χ0n) is 15.7. The second-order valence-corrected chi connectivity index (χ2v) is 9.19. The molecule has 0 bridgehead atoms. The van der Waals surface area contributed by atoms with Crippen LogP contribution in [0.3, 0.4) is 0 Å². The zero-order valence-corrected chi connectivity index (χ0v) is 16.5. The zero-order chi connectivity index (χ0) is 19.2. The number of nitrogens with zero attached hydrogens (tertiary/aromatic N) is 4. The first kappa shape index (κ1) is 18.3. The number of ether oxygens (including phenoxy) is 1. The van der Waals surface area contributed by atoms with Gasteiger partial charge in [-0.1, -0.05) is 0 Å². The molecule has 0 radical (unpaired) electrons. The van der Waals surface area contributed by atoms with Gasteiger partial charge in [0, 0.05) is 32.2 Å². The number of benzene rings is 1. The molecule has 0 aliphatic carbocycles. The maximum Gasteiger partial charge on any atom is 0.229 e. The maximum atomic E-state index is 9.82. The van der Waals surface area contributed by atoms with E-state index >= 15 is 0 Å². The molecule has 1 aliphatic heterocycles. The highest BCUT2D eigenvalue weighted by Gasteiger charge is 2.23. The van der Waals surface area contributed by atoms with Gasteiger partial charge in [-0.2, -0.15) is 15.6 Å².